The number of pyridine rings is 3. The zero-order valence-electron chi connectivity index (χ0n) is 20.7. The van der Waals surface area contributed by atoms with Crippen LogP contribution in [0.4, 0.5) is 5.82 Å². The monoisotopic (exact) mass is 536 g/mol. The summed E-state index contributed by atoms with van der Waals surface area (Å²) in [6, 6.07) is 5.31. The number of anilines is 1. The summed E-state index contributed by atoms with van der Waals surface area (Å²) in [6.45, 7) is 3.60. The van der Waals surface area contributed by atoms with Gasteiger partial charge in [0.1, 0.15) is 35.8 Å². The third-order valence-electron chi connectivity index (χ3n) is 6.30. The Morgan fingerprint density at radius 3 is 2.68 bits per heavy atom. The Balaban J connectivity index is 1.33. The molecule has 38 heavy (non-hydrogen) atoms. The molecule has 0 aliphatic carbocycles. The van der Waals surface area contributed by atoms with Crippen molar-refractivity contribution in [2.24, 2.45) is 5.92 Å². The van der Waals surface area contributed by atoms with Crippen molar-refractivity contribution in [3.63, 3.8) is 0 Å². The van der Waals surface area contributed by atoms with Crippen LogP contribution in [-0.4, -0.2) is 74.2 Å². The summed E-state index contributed by atoms with van der Waals surface area (Å²) in [4.78, 5) is 52.6. The van der Waals surface area contributed by atoms with Gasteiger partial charge in [-0.3, -0.25) is 19.1 Å². The molecule has 1 aliphatic heterocycles. The van der Waals surface area contributed by atoms with Gasteiger partial charge in [-0.2, -0.15) is 4.37 Å². The predicted molar refractivity (Wildman–Crippen MR) is 139 cm³/mol. The molecule has 1 saturated heterocycles. The van der Waals surface area contributed by atoms with Crippen molar-refractivity contribution in [1.29, 1.82) is 0 Å². The molecule has 1 aliphatic rings. The SMILES string of the molecule is COCCOc1ccc(CC(=O)C2CN(c3cc(C)c4c(=O)c(C(=O)O)cn(-c5ncns5)c4n3)C2)nc1. The number of hydrogen-bond acceptors (Lipinski definition) is 11. The van der Waals surface area contributed by atoms with E-state index in [4.69, 9.17) is 9.47 Å². The van der Waals surface area contributed by atoms with Gasteiger partial charge in [0.05, 0.1) is 24.1 Å². The smallest absolute Gasteiger partial charge is 0.341 e. The first-order valence-electron chi connectivity index (χ1n) is 11.8. The minimum absolute atomic E-state index is 0.0798. The van der Waals surface area contributed by atoms with Gasteiger partial charge in [0.2, 0.25) is 10.6 Å². The number of Topliss-reactive ketones (excluding diaryl/α,β-unsaturated/α-hetero) is 1. The van der Waals surface area contributed by atoms with E-state index in [1.807, 2.05) is 4.90 Å². The lowest BCUT2D eigenvalue weighted by atomic mass is 9.92. The maximum atomic E-state index is 12.9. The molecule has 0 radical (unpaired) electrons. The summed E-state index contributed by atoms with van der Waals surface area (Å²) >= 11 is 1.06. The molecule has 0 aromatic carbocycles. The van der Waals surface area contributed by atoms with Crippen molar-refractivity contribution in [1.82, 2.24) is 23.9 Å². The number of carbonyl (C=O) groups excluding carboxylic acids is 1. The number of nitrogens with zero attached hydrogens (tertiary/aromatic N) is 6. The molecule has 0 saturated carbocycles. The minimum atomic E-state index is -1.33. The molecule has 0 unspecified atom stereocenters. The van der Waals surface area contributed by atoms with Crippen LogP contribution < -0.4 is 15.1 Å². The number of aromatic carboxylic acids is 1. The van der Waals surface area contributed by atoms with Gasteiger partial charge in [0, 0.05) is 50.0 Å². The molecule has 0 atom stereocenters. The molecule has 5 rings (SSSR count). The fourth-order valence-corrected chi connectivity index (χ4v) is 4.76. The van der Waals surface area contributed by atoms with E-state index >= 15 is 0 Å². The average molecular weight is 537 g/mol. The Labute approximate surface area is 220 Å². The molecule has 4 aromatic rings. The van der Waals surface area contributed by atoms with E-state index in [9.17, 15) is 19.5 Å². The first-order valence-corrected chi connectivity index (χ1v) is 12.5. The van der Waals surface area contributed by atoms with Gasteiger partial charge in [-0.25, -0.2) is 14.8 Å². The van der Waals surface area contributed by atoms with E-state index in [1.54, 1.807) is 38.4 Å². The Bertz CT molecular complexity index is 1550. The Hall–Kier alpha value is -4.23. The van der Waals surface area contributed by atoms with E-state index in [0.717, 1.165) is 11.5 Å². The third kappa shape index (κ3) is 4.97. The van der Waals surface area contributed by atoms with Crippen molar-refractivity contribution in [2.45, 2.75) is 13.3 Å². The van der Waals surface area contributed by atoms with E-state index in [0.29, 0.717) is 59.9 Å². The fraction of sp³-hybridized carbons (Fsp3) is 0.320. The van der Waals surface area contributed by atoms with Crippen molar-refractivity contribution in [2.75, 3.05) is 38.3 Å². The fourth-order valence-electron chi connectivity index (χ4n) is 4.25. The number of ketones is 1. The molecule has 13 heteroatoms. The molecule has 0 amide bonds. The second-order valence-electron chi connectivity index (χ2n) is 8.84. The first-order chi connectivity index (χ1) is 18.4. The summed E-state index contributed by atoms with van der Waals surface area (Å²) in [5.41, 5.74) is 0.566. The predicted octanol–water partition coefficient (Wildman–Crippen LogP) is 1.91. The van der Waals surface area contributed by atoms with Crippen molar-refractivity contribution in [3.05, 3.63) is 64.0 Å². The molecule has 0 spiro atoms. The van der Waals surface area contributed by atoms with Gasteiger partial charge in [-0.15, -0.1) is 0 Å². The molecule has 1 fully saturated rings. The van der Waals surface area contributed by atoms with Crippen molar-refractivity contribution < 1.29 is 24.2 Å². The normalized spacial score (nSPS) is 13.5. The highest BCUT2D eigenvalue weighted by Crippen LogP contribution is 2.29. The lowest BCUT2D eigenvalue weighted by Gasteiger charge is -2.39. The van der Waals surface area contributed by atoms with E-state index < -0.39 is 11.4 Å². The number of methoxy groups -OCH3 is 1. The molecule has 4 aromatic heterocycles. The van der Waals surface area contributed by atoms with Crippen LogP contribution in [-0.2, 0) is 16.0 Å². The Kier molecular flexibility index (Phi) is 7.11. The van der Waals surface area contributed by atoms with Gasteiger partial charge in [0.15, 0.2) is 5.65 Å². The average Bonchev–Trinajstić information content (AvgIpc) is 3.39. The Morgan fingerprint density at radius 2 is 2.03 bits per heavy atom. The lowest BCUT2D eigenvalue weighted by Crippen LogP contribution is -2.51. The molecule has 1 N–H and O–H groups in total. The third-order valence-corrected chi connectivity index (χ3v) is 6.96. The van der Waals surface area contributed by atoms with Gasteiger partial charge >= 0.3 is 5.97 Å². The summed E-state index contributed by atoms with van der Waals surface area (Å²) in [5, 5.41) is 10.1. The first kappa shape index (κ1) is 25.4. The quantitative estimate of drug-likeness (QED) is 0.296. The van der Waals surface area contributed by atoms with Crippen molar-refractivity contribution in [3.8, 4) is 10.9 Å². The highest BCUT2D eigenvalue weighted by Gasteiger charge is 2.34. The summed E-state index contributed by atoms with van der Waals surface area (Å²) in [7, 11) is 1.60. The number of rotatable bonds is 10. The number of carbonyl (C=O) groups is 2. The van der Waals surface area contributed by atoms with E-state index in [2.05, 4.69) is 19.3 Å². The van der Waals surface area contributed by atoms with Gasteiger partial charge in [-0.05, 0) is 30.7 Å². The minimum Gasteiger partial charge on any atom is -0.490 e. The van der Waals surface area contributed by atoms with Crippen LogP contribution in [0.25, 0.3) is 16.2 Å². The summed E-state index contributed by atoms with van der Waals surface area (Å²) < 4.78 is 15.9. The molecular weight excluding hydrogens is 512 g/mol. The zero-order valence-corrected chi connectivity index (χ0v) is 21.5. The van der Waals surface area contributed by atoms with Crippen LogP contribution in [0.2, 0.25) is 0 Å². The number of fused-ring (bicyclic) bond motifs is 1. The highest BCUT2D eigenvalue weighted by molar-refractivity contribution is 7.08. The van der Waals surface area contributed by atoms with Crippen LogP contribution in [0.15, 0.2) is 41.7 Å². The standard InChI is InChI=1S/C25H24N6O6S/c1-14-7-20(29-23-21(14)22(33)18(24(34)35)12-31(23)25-27-13-28-38-25)30-10-15(11-30)19(32)8-16-3-4-17(9-26-16)37-6-5-36-2/h3-4,7,9,12-13,15H,5-6,8,10-11H2,1-2H3,(H,34,35). The number of carboxylic acids is 1. The largest absolute Gasteiger partial charge is 0.490 e. The Morgan fingerprint density at radius 1 is 1.21 bits per heavy atom. The van der Waals surface area contributed by atoms with Gasteiger partial charge < -0.3 is 19.5 Å². The topological polar surface area (TPSA) is 150 Å². The number of ether oxygens (including phenoxy) is 2. The molecule has 0 bridgehead atoms. The van der Waals surface area contributed by atoms with Gasteiger partial charge in [0.25, 0.3) is 0 Å². The molecule has 12 nitrogen and oxygen atoms in total. The molecule has 5 heterocycles. The van der Waals surface area contributed by atoms with Crippen LogP contribution in [0, 0.1) is 12.8 Å². The molecular formula is C25H24N6O6S. The van der Waals surface area contributed by atoms with E-state index in [-0.39, 0.29) is 29.1 Å². The van der Waals surface area contributed by atoms with Gasteiger partial charge in [-0.1, -0.05) is 0 Å². The second kappa shape index (κ2) is 10.6. The van der Waals surface area contributed by atoms with Crippen LogP contribution in [0.5, 0.6) is 5.75 Å². The highest BCUT2D eigenvalue weighted by atomic mass is 32.1. The summed E-state index contributed by atoms with van der Waals surface area (Å²) in [6.07, 6.45) is 4.40. The maximum absolute atomic E-state index is 12.9. The maximum Gasteiger partial charge on any atom is 0.341 e. The number of carboxylic acid groups (broad SMARTS) is 1. The number of aryl methyl sites for hydroxylation is 1. The summed E-state index contributed by atoms with van der Waals surface area (Å²) in [5.74, 6) is -0.211. The van der Waals surface area contributed by atoms with Crippen LogP contribution >= 0.6 is 11.5 Å². The van der Waals surface area contributed by atoms with E-state index in [1.165, 1.54) is 17.1 Å². The zero-order chi connectivity index (χ0) is 26.8. The number of aromatic nitrogens is 5. The van der Waals surface area contributed by atoms with Crippen LogP contribution in [0.1, 0.15) is 21.6 Å². The number of hydrogen-bond donors (Lipinski definition) is 1. The second-order valence-corrected chi connectivity index (χ2v) is 9.60. The lowest BCUT2D eigenvalue weighted by molar-refractivity contribution is -0.123. The van der Waals surface area contributed by atoms with Crippen LogP contribution in [0.3, 0.4) is 0 Å². The molecule has 196 valence electrons. The van der Waals surface area contributed by atoms with Crippen molar-refractivity contribution >= 4 is 40.1 Å².